The molecule has 0 aliphatic heterocycles. The predicted molar refractivity (Wildman–Crippen MR) is 88.0 cm³/mol. The summed E-state index contributed by atoms with van der Waals surface area (Å²) in [4.78, 5) is -0.118. The van der Waals surface area contributed by atoms with Gasteiger partial charge in [-0.05, 0) is 18.1 Å². The van der Waals surface area contributed by atoms with Crippen LogP contribution in [0.1, 0.15) is 20.3 Å². The number of rotatable bonds is 6. The molecule has 0 spiro atoms. The lowest BCUT2D eigenvalue weighted by atomic mass is 10.2. The maximum absolute atomic E-state index is 12.8. The fourth-order valence-corrected chi connectivity index (χ4v) is 5.28. The minimum atomic E-state index is -3.85. The van der Waals surface area contributed by atoms with E-state index in [4.69, 9.17) is 28.5 Å². The molecule has 0 amide bonds. The number of sulfonamides is 1. The highest BCUT2D eigenvalue weighted by Crippen LogP contribution is 2.35. The van der Waals surface area contributed by atoms with Crippen LogP contribution in [0.5, 0.6) is 0 Å². The van der Waals surface area contributed by atoms with E-state index in [2.05, 4.69) is 15.9 Å². The second kappa shape index (κ2) is 7.80. The number of halogens is 3. The Morgan fingerprint density at radius 3 is 2.29 bits per heavy atom. The summed E-state index contributed by atoms with van der Waals surface area (Å²) in [6.07, 6.45) is 0.109. The first kappa shape index (κ1) is 18.7. The van der Waals surface area contributed by atoms with Gasteiger partial charge in [0, 0.05) is 24.0 Å². The van der Waals surface area contributed by atoms with E-state index in [0.717, 1.165) is 0 Å². The maximum atomic E-state index is 12.8. The Morgan fingerprint density at radius 2 is 1.86 bits per heavy atom. The van der Waals surface area contributed by atoms with Crippen LogP contribution in [0.25, 0.3) is 0 Å². The van der Waals surface area contributed by atoms with Crippen molar-refractivity contribution >= 4 is 49.2 Å². The molecule has 0 bridgehead atoms. The van der Waals surface area contributed by atoms with Gasteiger partial charge in [0.25, 0.3) is 0 Å². The molecular formula is C13H15BrCl2N2O2S. The van der Waals surface area contributed by atoms with Crippen LogP contribution >= 0.6 is 39.1 Å². The predicted octanol–water partition coefficient (Wildman–Crippen LogP) is 4.32. The third-order valence-corrected chi connectivity index (χ3v) is 5.85. The molecule has 1 rings (SSSR count). The van der Waals surface area contributed by atoms with E-state index in [1.807, 2.05) is 19.9 Å². The molecule has 116 valence electrons. The van der Waals surface area contributed by atoms with Gasteiger partial charge in [-0.3, -0.25) is 0 Å². The smallest absolute Gasteiger partial charge is 0.207 e. The van der Waals surface area contributed by atoms with Gasteiger partial charge in [0.2, 0.25) is 10.0 Å². The van der Waals surface area contributed by atoms with Crippen LogP contribution in [0.15, 0.2) is 21.5 Å². The van der Waals surface area contributed by atoms with E-state index in [0.29, 0.717) is 11.0 Å². The normalized spacial score (nSPS) is 11.9. The Balaban J connectivity index is 3.32. The quantitative estimate of drug-likeness (QED) is 0.697. The molecule has 1 aromatic rings. The molecule has 0 unspecified atom stereocenters. The van der Waals surface area contributed by atoms with Gasteiger partial charge in [-0.25, -0.2) is 8.42 Å². The summed E-state index contributed by atoms with van der Waals surface area (Å²) in [5.41, 5.74) is 0. The summed E-state index contributed by atoms with van der Waals surface area (Å²) in [6, 6.07) is 4.92. The van der Waals surface area contributed by atoms with E-state index < -0.39 is 10.0 Å². The van der Waals surface area contributed by atoms with Crippen LogP contribution in [0, 0.1) is 17.2 Å². The molecule has 0 heterocycles. The first-order valence-corrected chi connectivity index (χ1v) is 9.20. The Labute approximate surface area is 143 Å². The average Bonchev–Trinajstić information content (AvgIpc) is 2.32. The van der Waals surface area contributed by atoms with Crippen LogP contribution in [0.2, 0.25) is 10.0 Å². The summed E-state index contributed by atoms with van der Waals surface area (Å²) >= 11 is 15.3. The zero-order chi connectivity index (χ0) is 16.2. The molecule has 0 N–H and O–H groups in total. The molecule has 21 heavy (non-hydrogen) atoms. The van der Waals surface area contributed by atoms with Crippen molar-refractivity contribution in [1.82, 2.24) is 4.31 Å². The lowest BCUT2D eigenvalue weighted by molar-refractivity contribution is 0.373. The number of benzene rings is 1. The van der Waals surface area contributed by atoms with Crippen molar-refractivity contribution < 1.29 is 8.42 Å². The third-order valence-electron chi connectivity index (χ3n) is 2.60. The Hall–Kier alpha value is -0.320. The van der Waals surface area contributed by atoms with Gasteiger partial charge in [-0.1, -0.05) is 53.0 Å². The molecule has 4 nitrogen and oxygen atoms in total. The minimum Gasteiger partial charge on any atom is -0.207 e. The van der Waals surface area contributed by atoms with Crippen molar-refractivity contribution in [3.63, 3.8) is 0 Å². The van der Waals surface area contributed by atoms with Crippen LogP contribution in [-0.4, -0.2) is 25.8 Å². The maximum Gasteiger partial charge on any atom is 0.246 e. The summed E-state index contributed by atoms with van der Waals surface area (Å²) in [5.74, 6) is 0.117. The van der Waals surface area contributed by atoms with Gasteiger partial charge in [0.05, 0.1) is 16.1 Å². The second-order valence-electron chi connectivity index (χ2n) is 4.86. The molecule has 0 saturated heterocycles. The fraction of sp³-hybridized carbons (Fsp3) is 0.462. The lowest BCUT2D eigenvalue weighted by Crippen LogP contribution is -2.35. The van der Waals surface area contributed by atoms with E-state index in [1.165, 1.54) is 16.4 Å². The molecule has 0 atom stereocenters. The standard InChI is InChI=1S/C13H15BrCl2N2O2S/c1-9(2)8-18(5-3-4-17)21(19,20)13-11(15)6-10(14)7-12(13)16/h6-7,9H,3,5,8H2,1-2H3. The molecule has 0 radical (unpaired) electrons. The largest absolute Gasteiger partial charge is 0.246 e. The Kier molecular flexibility index (Phi) is 6.95. The van der Waals surface area contributed by atoms with Crippen LogP contribution in [0.4, 0.5) is 0 Å². The Morgan fingerprint density at radius 1 is 1.33 bits per heavy atom. The van der Waals surface area contributed by atoms with Gasteiger partial charge >= 0.3 is 0 Å². The Bertz CT molecular complexity index is 634. The first-order chi connectivity index (χ1) is 9.70. The lowest BCUT2D eigenvalue weighted by Gasteiger charge is -2.24. The van der Waals surface area contributed by atoms with Crippen LogP contribution in [-0.2, 0) is 10.0 Å². The number of hydrogen-bond donors (Lipinski definition) is 0. The monoisotopic (exact) mass is 412 g/mol. The molecule has 0 aliphatic rings. The second-order valence-corrected chi connectivity index (χ2v) is 8.47. The average molecular weight is 414 g/mol. The summed E-state index contributed by atoms with van der Waals surface area (Å²) in [6.45, 7) is 4.21. The van der Waals surface area contributed by atoms with Crippen molar-refractivity contribution in [3.8, 4) is 6.07 Å². The van der Waals surface area contributed by atoms with Crippen molar-refractivity contribution in [2.24, 2.45) is 5.92 Å². The van der Waals surface area contributed by atoms with E-state index in [9.17, 15) is 8.42 Å². The van der Waals surface area contributed by atoms with Crippen molar-refractivity contribution in [2.45, 2.75) is 25.2 Å². The van der Waals surface area contributed by atoms with Gasteiger partial charge in [0.1, 0.15) is 4.90 Å². The molecule has 1 aromatic carbocycles. The van der Waals surface area contributed by atoms with E-state index >= 15 is 0 Å². The highest BCUT2D eigenvalue weighted by molar-refractivity contribution is 9.10. The topological polar surface area (TPSA) is 61.2 Å². The highest BCUT2D eigenvalue weighted by atomic mass is 79.9. The zero-order valence-electron chi connectivity index (χ0n) is 11.6. The van der Waals surface area contributed by atoms with Crippen molar-refractivity contribution in [1.29, 1.82) is 5.26 Å². The molecule has 8 heteroatoms. The van der Waals surface area contributed by atoms with Crippen molar-refractivity contribution in [3.05, 3.63) is 26.7 Å². The van der Waals surface area contributed by atoms with Gasteiger partial charge in [-0.2, -0.15) is 9.57 Å². The molecule has 0 aliphatic carbocycles. The van der Waals surface area contributed by atoms with Crippen LogP contribution in [0.3, 0.4) is 0 Å². The molecule has 0 fully saturated rings. The molecule has 0 saturated carbocycles. The number of hydrogen-bond acceptors (Lipinski definition) is 3. The van der Waals surface area contributed by atoms with Crippen molar-refractivity contribution in [2.75, 3.05) is 13.1 Å². The highest BCUT2D eigenvalue weighted by Gasteiger charge is 2.29. The van der Waals surface area contributed by atoms with E-state index in [1.54, 1.807) is 0 Å². The zero-order valence-corrected chi connectivity index (χ0v) is 15.5. The fourth-order valence-electron chi connectivity index (χ4n) is 1.80. The van der Waals surface area contributed by atoms with Gasteiger partial charge in [-0.15, -0.1) is 0 Å². The SMILES string of the molecule is CC(C)CN(CCC#N)S(=O)(=O)c1c(Cl)cc(Br)cc1Cl. The summed E-state index contributed by atoms with van der Waals surface area (Å²) < 4.78 is 27.4. The van der Waals surface area contributed by atoms with Crippen LogP contribution < -0.4 is 0 Å². The number of nitrogens with zero attached hydrogens (tertiary/aromatic N) is 2. The molecule has 0 aromatic heterocycles. The van der Waals surface area contributed by atoms with Gasteiger partial charge < -0.3 is 0 Å². The summed E-state index contributed by atoms with van der Waals surface area (Å²) in [5, 5.41) is 8.81. The first-order valence-electron chi connectivity index (χ1n) is 6.21. The summed E-state index contributed by atoms with van der Waals surface area (Å²) in [7, 11) is -3.85. The van der Waals surface area contributed by atoms with E-state index in [-0.39, 0.29) is 33.8 Å². The minimum absolute atomic E-state index is 0.0556. The number of nitriles is 1. The molecular weight excluding hydrogens is 399 g/mol. The third kappa shape index (κ3) is 4.83. The van der Waals surface area contributed by atoms with Gasteiger partial charge in [0.15, 0.2) is 0 Å².